The molecule has 34 heavy (non-hydrogen) atoms. The number of para-hydroxylation sites is 1. The fraction of sp³-hybridized carbons (Fsp3) is 0.174. The number of ether oxygens (including phenoxy) is 1. The number of hydrogen-bond donors (Lipinski definition) is 1. The minimum Gasteiger partial charge on any atom is -0.462 e. The van der Waals surface area contributed by atoms with Crippen molar-refractivity contribution in [3.8, 4) is 11.3 Å². The molecular weight excluding hydrogens is 482 g/mol. The molecule has 1 aromatic heterocycles. The molecule has 0 aliphatic heterocycles. The van der Waals surface area contributed by atoms with Crippen LogP contribution in [0.25, 0.3) is 11.3 Å². The standard InChI is InChI=1S/C23H22ClN3O6S/c1-3-32-23(29)17-10-8-16(9-11-17)21-13-12-18(33-21)14-25-26-22(28)15-27(34(2,30)31)20-7-5-4-6-19(20)24/h4-14H,3,15H2,1-2H3,(H,26,28)/b25-14-. The first-order chi connectivity index (χ1) is 16.2. The lowest BCUT2D eigenvalue weighted by Crippen LogP contribution is -2.39. The summed E-state index contributed by atoms with van der Waals surface area (Å²) in [6, 6.07) is 16.4. The summed E-state index contributed by atoms with van der Waals surface area (Å²) < 4.78 is 35.8. The van der Waals surface area contributed by atoms with Crippen molar-refractivity contribution in [2.24, 2.45) is 5.10 Å². The van der Waals surface area contributed by atoms with Crippen LogP contribution in [0, 0.1) is 0 Å². The molecule has 11 heteroatoms. The number of furan rings is 1. The maximum Gasteiger partial charge on any atom is 0.338 e. The highest BCUT2D eigenvalue weighted by Crippen LogP contribution is 2.27. The first-order valence-corrected chi connectivity index (χ1v) is 12.3. The summed E-state index contributed by atoms with van der Waals surface area (Å²) >= 11 is 6.08. The highest BCUT2D eigenvalue weighted by Gasteiger charge is 2.22. The Morgan fingerprint density at radius 2 is 1.82 bits per heavy atom. The summed E-state index contributed by atoms with van der Waals surface area (Å²) in [5.41, 5.74) is 3.63. The van der Waals surface area contributed by atoms with Crippen LogP contribution in [0.15, 0.2) is 70.2 Å². The zero-order chi connectivity index (χ0) is 24.7. The molecule has 178 valence electrons. The van der Waals surface area contributed by atoms with Gasteiger partial charge < -0.3 is 9.15 Å². The second kappa shape index (κ2) is 11.0. The smallest absolute Gasteiger partial charge is 0.338 e. The average molecular weight is 504 g/mol. The van der Waals surface area contributed by atoms with Gasteiger partial charge in [0.05, 0.1) is 35.4 Å². The number of carbonyl (C=O) groups is 2. The molecule has 0 saturated heterocycles. The summed E-state index contributed by atoms with van der Waals surface area (Å²) in [7, 11) is -3.76. The van der Waals surface area contributed by atoms with Crippen LogP contribution in [0.2, 0.25) is 5.02 Å². The lowest BCUT2D eigenvalue weighted by Gasteiger charge is -2.22. The summed E-state index contributed by atoms with van der Waals surface area (Å²) in [6.45, 7) is 1.53. The van der Waals surface area contributed by atoms with E-state index < -0.39 is 28.4 Å². The van der Waals surface area contributed by atoms with E-state index in [4.69, 9.17) is 20.8 Å². The van der Waals surface area contributed by atoms with Gasteiger partial charge in [-0.2, -0.15) is 5.10 Å². The molecule has 0 saturated carbocycles. The quantitative estimate of drug-likeness (QED) is 0.270. The van der Waals surface area contributed by atoms with Gasteiger partial charge in [0.2, 0.25) is 10.0 Å². The molecule has 3 rings (SSSR count). The van der Waals surface area contributed by atoms with Gasteiger partial charge in [-0.15, -0.1) is 0 Å². The van der Waals surface area contributed by atoms with Gasteiger partial charge in [0.1, 0.15) is 18.1 Å². The Bertz CT molecular complexity index is 1300. The number of rotatable bonds is 9. The zero-order valence-electron chi connectivity index (χ0n) is 18.4. The van der Waals surface area contributed by atoms with Crippen LogP contribution in [0.5, 0.6) is 0 Å². The van der Waals surface area contributed by atoms with Gasteiger partial charge in [-0.05, 0) is 43.3 Å². The van der Waals surface area contributed by atoms with E-state index in [1.165, 1.54) is 18.3 Å². The Morgan fingerprint density at radius 1 is 1.12 bits per heavy atom. The second-order valence-corrected chi connectivity index (χ2v) is 9.33. The number of hydrogen-bond acceptors (Lipinski definition) is 7. The number of nitrogens with zero attached hydrogens (tertiary/aromatic N) is 2. The molecule has 9 nitrogen and oxygen atoms in total. The molecule has 0 aliphatic carbocycles. The van der Waals surface area contributed by atoms with E-state index in [9.17, 15) is 18.0 Å². The van der Waals surface area contributed by atoms with E-state index in [1.54, 1.807) is 55.5 Å². The third-order valence-electron chi connectivity index (χ3n) is 4.50. The van der Waals surface area contributed by atoms with E-state index in [-0.39, 0.29) is 10.7 Å². The molecule has 0 bridgehead atoms. The summed E-state index contributed by atoms with van der Waals surface area (Å²) in [6.07, 6.45) is 2.27. The lowest BCUT2D eigenvalue weighted by molar-refractivity contribution is -0.119. The van der Waals surface area contributed by atoms with Crippen LogP contribution < -0.4 is 9.73 Å². The van der Waals surface area contributed by atoms with Gasteiger partial charge >= 0.3 is 5.97 Å². The zero-order valence-corrected chi connectivity index (χ0v) is 20.0. The highest BCUT2D eigenvalue weighted by molar-refractivity contribution is 7.92. The normalized spacial score (nSPS) is 11.4. The van der Waals surface area contributed by atoms with Crippen molar-refractivity contribution in [2.75, 3.05) is 23.7 Å². The Balaban J connectivity index is 1.63. The van der Waals surface area contributed by atoms with Gasteiger partial charge in [0, 0.05) is 5.56 Å². The maximum absolute atomic E-state index is 12.3. The summed E-state index contributed by atoms with van der Waals surface area (Å²) in [5, 5.41) is 4.02. The first kappa shape index (κ1) is 25.0. The molecule has 0 radical (unpaired) electrons. The van der Waals surface area contributed by atoms with Crippen LogP contribution in [0.3, 0.4) is 0 Å². The molecule has 0 unspecified atom stereocenters. The van der Waals surface area contributed by atoms with Crippen molar-refractivity contribution in [3.63, 3.8) is 0 Å². The van der Waals surface area contributed by atoms with Crippen molar-refractivity contribution in [2.45, 2.75) is 6.92 Å². The molecule has 0 atom stereocenters. The Kier molecular flexibility index (Phi) is 8.08. The number of carbonyl (C=O) groups excluding carboxylic acids is 2. The predicted octanol–water partition coefficient (Wildman–Crippen LogP) is 3.69. The van der Waals surface area contributed by atoms with Crippen molar-refractivity contribution < 1.29 is 27.2 Å². The number of sulfonamides is 1. The molecule has 2 aromatic carbocycles. The number of amides is 1. The summed E-state index contributed by atoms with van der Waals surface area (Å²) in [4.78, 5) is 24.0. The van der Waals surface area contributed by atoms with Crippen LogP contribution in [0.4, 0.5) is 5.69 Å². The molecule has 0 spiro atoms. The van der Waals surface area contributed by atoms with Crippen LogP contribution >= 0.6 is 11.6 Å². The average Bonchev–Trinajstić information content (AvgIpc) is 3.26. The van der Waals surface area contributed by atoms with E-state index in [2.05, 4.69) is 10.5 Å². The monoisotopic (exact) mass is 503 g/mol. The summed E-state index contributed by atoms with van der Waals surface area (Å²) in [5.74, 6) is -0.176. The minimum atomic E-state index is -3.76. The van der Waals surface area contributed by atoms with Gasteiger partial charge in [-0.25, -0.2) is 18.6 Å². The van der Waals surface area contributed by atoms with Crippen molar-refractivity contribution in [1.29, 1.82) is 0 Å². The van der Waals surface area contributed by atoms with Crippen molar-refractivity contribution in [3.05, 3.63) is 77.0 Å². The van der Waals surface area contributed by atoms with Crippen LogP contribution in [0.1, 0.15) is 23.0 Å². The number of nitrogens with one attached hydrogen (secondary N) is 1. The van der Waals surface area contributed by atoms with Gasteiger partial charge in [0.15, 0.2) is 0 Å². The first-order valence-electron chi connectivity index (χ1n) is 10.1. The minimum absolute atomic E-state index is 0.190. The molecule has 0 fully saturated rings. The second-order valence-electron chi connectivity index (χ2n) is 7.01. The molecule has 1 heterocycles. The maximum atomic E-state index is 12.3. The van der Waals surface area contributed by atoms with E-state index in [0.29, 0.717) is 23.7 Å². The molecule has 1 amide bonds. The predicted molar refractivity (Wildman–Crippen MR) is 129 cm³/mol. The molecule has 3 aromatic rings. The Labute approximate surface area is 202 Å². The molecular formula is C23H22ClN3O6S. The number of benzene rings is 2. The fourth-order valence-corrected chi connectivity index (χ4v) is 4.09. The van der Waals surface area contributed by atoms with E-state index in [1.807, 2.05) is 0 Å². The lowest BCUT2D eigenvalue weighted by atomic mass is 10.1. The van der Waals surface area contributed by atoms with Crippen LogP contribution in [-0.4, -0.2) is 45.9 Å². The third-order valence-corrected chi connectivity index (χ3v) is 5.94. The van der Waals surface area contributed by atoms with E-state index in [0.717, 1.165) is 16.1 Å². The van der Waals surface area contributed by atoms with Gasteiger partial charge in [-0.1, -0.05) is 35.9 Å². The fourth-order valence-electron chi connectivity index (χ4n) is 2.93. The van der Waals surface area contributed by atoms with E-state index >= 15 is 0 Å². The topological polar surface area (TPSA) is 118 Å². The van der Waals surface area contributed by atoms with Gasteiger partial charge in [-0.3, -0.25) is 9.10 Å². The number of halogens is 1. The Morgan fingerprint density at radius 3 is 2.47 bits per heavy atom. The van der Waals surface area contributed by atoms with Crippen molar-refractivity contribution >= 4 is 45.4 Å². The molecule has 1 N–H and O–H groups in total. The largest absolute Gasteiger partial charge is 0.462 e. The Hall–Kier alpha value is -3.63. The van der Waals surface area contributed by atoms with Crippen molar-refractivity contribution in [1.82, 2.24) is 5.43 Å². The number of esters is 1. The molecule has 0 aliphatic rings. The SMILES string of the molecule is CCOC(=O)c1ccc(-c2ccc(/C=N\NC(=O)CN(c3ccccc3Cl)S(C)(=O)=O)o2)cc1. The van der Waals surface area contributed by atoms with Crippen LogP contribution in [-0.2, 0) is 19.6 Å². The third kappa shape index (κ3) is 6.46. The number of anilines is 1. The van der Waals surface area contributed by atoms with Gasteiger partial charge in [0.25, 0.3) is 5.91 Å². The number of hydrazone groups is 1. The highest BCUT2D eigenvalue weighted by atomic mass is 35.5.